The predicted octanol–water partition coefficient (Wildman–Crippen LogP) is 2.20. The fraction of sp³-hybridized carbons (Fsp3) is 1.00. The van der Waals surface area contributed by atoms with Crippen molar-refractivity contribution in [2.75, 3.05) is 25.4 Å². The molecule has 2 rings (SSSR count). The Morgan fingerprint density at radius 3 is 2.69 bits per heavy atom. The van der Waals surface area contributed by atoms with Gasteiger partial charge in [-0.25, -0.2) is 0 Å². The molecule has 2 atom stereocenters. The molecule has 0 radical (unpaired) electrons. The molecular formula is C13H26N2S. The van der Waals surface area contributed by atoms with Gasteiger partial charge in [-0.05, 0) is 18.8 Å². The zero-order valence-electron chi connectivity index (χ0n) is 10.9. The second-order valence-corrected chi connectivity index (χ2v) is 7.22. The van der Waals surface area contributed by atoms with E-state index in [1.165, 1.54) is 38.2 Å². The summed E-state index contributed by atoms with van der Waals surface area (Å²) in [6, 6.07) is 1.58. The molecule has 0 spiro atoms. The minimum Gasteiger partial charge on any atom is -0.312 e. The summed E-state index contributed by atoms with van der Waals surface area (Å²) in [7, 11) is 0. The lowest BCUT2D eigenvalue weighted by Crippen LogP contribution is -2.50. The molecule has 1 saturated heterocycles. The van der Waals surface area contributed by atoms with Crippen LogP contribution in [0.4, 0.5) is 0 Å². The van der Waals surface area contributed by atoms with Crippen molar-refractivity contribution in [2.45, 2.75) is 50.9 Å². The lowest BCUT2D eigenvalue weighted by Gasteiger charge is -2.39. The molecule has 2 unspecified atom stereocenters. The van der Waals surface area contributed by atoms with Gasteiger partial charge in [-0.1, -0.05) is 20.8 Å². The number of hydrogen-bond acceptors (Lipinski definition) is 3. The molecule has 0 aromatic carbocycles. The zero-order chi connectivity index (χ0) is 11.5. The number of hydrogen-bond donors (Lipinski definition) is 1. The number of nitrogens with zero attached hydrogens (tertiary/aromatic N) is 1. The van der Waals surface area contributed by atoms with E-state index in [4.69, 9.17) is 0 Å². The summed E-state index contributed by atoms with van der Waals surface area (Å²) in [6.07, 6.45) is 2.80. The van der Waals surface area contributed by atoms with Crippen LogP contribution in [0, 0.1) is 5.92 Å². The first kappa shape index (κ1) is 12.7. The second-order valence-electron chi connectivity index (χ2n) is 5.67. The number of rotatable bonds is 5. The summed E-state index contributed by atoms with van der Waals surface area (Å²) in [5.74, 6) is 2.08. The monoisotopic (exact) mass is 242 g/mol. The summed E-state index contributed by atoms with van der Waals surface area (Å²) >= 11 is 2.13. The Kier molecular flexibility index (Phi) is 4.57. The summed E-state index contributed by atoms with van der Waals surface area (Å²) in [6.45, 7) is 10.9. The Labute approximate surface area is 105 Å². The van der Waals surface area contributed by atoms with Crippen molar-refractivity contribution < 1.29 is 0 Å². The maximum atomic E-state index is 3.70. The molecule has 2 fully saturated rings. The molecule has 0 bridgehead atoms. The quantitative estimate of drug-likeness (QED) is 0.796. The third kappa shape index (κ3) is 3.64. The summed E-state index contributed by atoms with van der Waals surface area (Å²) in [5.41, 5.74) is 0. The summed E-state index contributed by atoms with van der Waals surface area (Å²) < 4.78 is 0. The van der Waals surface area contributed by atoms with Crippen LogP contribution < -0.4 is 5.32 Å². The van der Waals surface area contributed by atoms with Crippen molar-refractivity contribution in [1.29, 1.82) is 0 Å². The average molecular weight is 242 g/mol. The first-order valence-electron chi connectivity index (χ1n) is 6.76. The first-order chi connectivity index (χ1) is 7.66. The van der Waals surface area contributed by atoms with Crippen molar-refractivity contribution in [3.05, 3.63) is 0 Å². The summed E-state index contributed by atoms with van der Waals surface area (Å²) in [4.78, 5) is 2.71. The average Bonchev–Trinajstić information content (AvgIpc) is 3.01. The van der Waals surface area contributed by atoms with Gasteiger partial charge in [0.1, 0.15) is 0 Å². The Morgan fingerprint density at radius 1 is 1.38 bits per heavy atom. The summed E-state index contributed by atoms with van der Waals surface area (Å²) in [5, 5.41) is 4.52. The molecule has 0 amide bonds. The van der Waals surface area contributed by atoms with Gasteiger partial charge < -0.3 is 5.32 Å². The predicted molar refractivity (Wildman–Crippen MR) is 73.1 cm³/mol. The molecule has 3 heteroatoms. The van der Waals surface area contributed by atoms with Crippen molar-refractivity contribution in [3.8, 4) is 0 Å². The van der Waals surface area contributed by atoms with Gasteiger partial charge in [-0.15, -0.1) is 0 Å². The van der Waals surface area contributed by atoms with E-state index in [1.54, 1.807) is 0 Å². The van der Waals surface area contributed by atoms with Crippen LogP contribution >= 0.6 is 11.8 Å². The smallest absolute Gasteiger partial charge is 0.0244 e. The van der Waals surface area contributed by atoms with E-state index in [9.17, 15) is 0 Å². The van der Waals surface area contributed by atoms with Gasteiger partial charge in [-0.3, -0.25) is 4.90 Å². The van der Waals surface area contributed by atoms with E-state index in [0.717, 1.165) is 23.3 Å². The van der Waals surface area contributed by atoms with Crippen LogP contribution in [0.3, 0.4) is 0 Å². The SMILES string of the molecule is CC1CN(C(CNC2CC2)C(C)C)CCS1. The van der Waals surface area contributed by atoms with E-state index in [1.807, 2.05) is 0 Å². The Morgan fingerprint density at radius 2 is 2.12 bits per heavy atom. The van der Waals surface area contributed by atoms with Gasteiger partial charge in [0.2, 0.25) is 0 Å². The fourth-order valence-electron chi connectivity index (χ4n) is 2.51. The Hall–Kier alpha value is 0.270. The lowest BCUT2D eigenvalue weighted by atomic mass is 10.0. The maximum absolute atomic E-state index is 3.70. The molecule has 0 aromatic rings. The van der Waals surface area contributed by atoms with Crippen LogP contribution in [0.15, 0.2) is 0 Å². The van der Waals surface area contributed by atoms with Crippen LogP contribution in [0.5, 0.6) is 0 Å². The van der Waals surface area contributed by atoms with Crippen molar-refractivity contribution in [3.63, 3.8) is 0 Å². The topological polar surface area (TPSA) is 15.3 Å². The highest BCUT2D eigenvalue weighted by molar-refractivity contribution is 7.99. The van der Waals surface area contributed by atoms with Crippen molar-refractivity contribution >= 4 is 11.8 Å². The van der Waals surface area contributed by atoms with E-state index < -0.39 is 0 Å². The van der Waals surface area contributed by atoms with Crippen LogP contribution in [-0.2, 0) is 0 Å². The van der Waals surface area contributed by atoms with Crippen LogP contribution in [-0.4, -0.2) is 47.6 Å². The van der Waals surface area contributed by atoms with Gasteiger partial charge >= 0.3 is 0 Å². The number of thioether (sulfide) groups is 1. The molecule has 1 heterocycles. The molecule has 1 saturated carbocycles. The van der Waals surface area contributed by atoms with Gasteiger partial charge in [0, 0.05) is 42.7 Å². The highest BCUT2D eigenvalue weighted by Crippen LogP contribution is 2.23. The van der Waals surface area contributed by atoms with Crippen LogP contribution in [0.25, 0.3) is 0 Å². The van der Waals surface area contributed by atoms with E-state index in [0.29, 0.717) is 0 Å². The first-order valence-corrected chi connectivity index (χ1v) is 7.80. The molecule has 16 heavy (non-hydrogen) atoms. The van der Waals surface area contributed by atoms with Gasteiger partial charge in [-0.2, -0.15) is 11.8 Å². The van der Waals surface area contributed by atoms with Crippen molar-refractivity contribution in [2.24, 2.45) is 5.92 Å². The van der Waals surface area contributed by atoms with E-state index in [-0.39, 0.29) is 0 Å². The van der Waals surface area contributed by atoms with Crippen LogP contribution in [0.1, 0.15) is 33.6 Å². The minimum absolute atomic E-state index is 0.740. The van der Waals surface area contributed by atoms with E-state index in [2.05, 4.69) is 42.7 Å². The molecule has 94 valence electrons. The number of nitrogens with one attached hydrogen (secondary N) is 1. The van der Waals surface area contributed by atoms with E-state index >= 15 is 0 Å². The highest BCUT2D eigenvalue weighted by atomic mass is 32.2. The minimum atomic E-state index is 0.740. The van der Waals surface area contributed by atoms with Gasteiger partial charge in [0.25, 0.3) is 0 Å². The molecule has 2 aliphatic rings. The zero-order valence-corrected chi connectivity index (χ0v) is 11.7. The lowest BCUT2D eigenvalue weighted by molar-refractivity contribution is 0.157. The van der Waals surface area contributed by atoms with Crippen LogP contribution in [0.2, 0.25) is 0 Å². The highest BCUT2D eigenvalue weighted by Gasteiger charge is 2.28. The molecule has 2 nitrogen and oxygen atoms in total. The second kappa shape index (κ2) is 5.74. The van der Waals surface area contributed by atoms with Gasteiger partial charge in [0.15, 0.2) is 0 Å². The third-order valence-corrected chi connectivity index (χ3v) is 4.84. The standard InChI is InChI=1S/C13H26N2S/c1-10(2)13(8-14-12-4-5-12)15-6-7-16-11(3)9-15/h10-14H,4-9H2,1-3H3. The van der Waals surface area contributed by atoms with Gasteiger partial charge in [0.05, 0.1) is 0 Å². The molecule has 1 aliphatic carbocycles. The maximum Gasteiger partial charge on any atom is 0.0244 e. The fourth-order valence-corrected chi connectivity index (χ4v) is 3.55. The Bertz CT molecular complexity index is 216. The molecule has 1 aliphatic heterocycles. The molecular weight excluding hydrogens is 216 g/mol. The molecule has 0 aromatic heterocycles. The van der Waals surface area contributed by atoms with Crippen molar-refractivity contribution in [1.82, 2.24) is 10.2 Å². The normalized spacial score (nSPS) is 29.6. The third-order valence-electron chi connectivity index (χ3n) is 3.70. The Balaban J connectivity index is 1.83. The molecule has 1 N–H and O–H groups in total. The largest absolute Gasteiger partial charge is 0.312 e.